The van der Waals surface area contributed by atoms with Crippen molar-refractivity contribution in [2.24, 2.45) is 4.99 Å². The van der Waals surface area contributed by atoms with Gasteiger partial charge >= 0.3 is 0 Å². The van der Waals surface area contributed by atoms with E-state index in [1.807, 2.05) is 7.05 Å². The van der Waals surface area contributed by atoms with Crippen LogP contribution in [0.2, 0.25) is 0 Å². The van der Waals surface area contributed by atoms with E-state index in [1.54, 1.807) is 0 Å². The quantitative estimate of drug-likeness (QED) is 0.694. The molecule has 0 fully saturated rings. The lowest BCUT2D eigenvalue weighted by Gasteiger charge is -2.22. The van der Waals surface area contributed by atoms with Gasteiger partial charge in [0.05, 0.1) is 0 Å². The molecule has 0 aromatic heterocycles. The lowest BCUT2D eigenvalue weighted by Crippen LogP contribution is -2.40. The Balaban J connectivity index is 1.67. The first kappa shape index (κ1) is 16.5. The van der Waals surface area contributed by atoms with E-state index >= 15 is 0 Å². The Morgan fingerprint density at radius 3 is 2.71 bits per heavy atom. The van der Waals surface area contributed by atoms with Gasteiger partial charge in [0.25, 0.3) is 0 Å². The van der Waals surface area contributed by atoms with Crippen LogP contribution >= 0.6 is 0 Å². The summed E-state index contributed by atoms with van der Waals surface area (Å²) in [4.78, 5) is 8.94. The van der Waals surface area contributed by atoms with Gasteiger partial charge in [-0.05, 0) is 43.3 Å². The van der Waals surface area contributed by atoms with E-state index in [2.05, 4.69) is 82.7 Å². The molecule has 0 amide bonds. The summed E-state index contributed by atoms with van der Waals surface area (Å²) in [6.45, 7) is 2.73. The number of hydrogen-bond acceptors (Lipinski definition) is 2. The number of rotatable bonds is 4. The molecule has 0 saturated carbocycles. The minimum Gasteiger partial charge on any atom is -0.352 e. The van der Waals surface area contributed by atoms with Crippen LogP contribution in [-0.2, 0) is 19.5 Å². The van der Waals surface area contributed by atoms with Crippen molar-refractivity contribution >= 4 is 11.6 Å². The van der Waals surface area contributed by atoms with E-state index < -0.39 is 0 Å². The van der Waals surface area contributed by atoms with Crippen LogP contribution in [0, 0.1) is 0 Å². The van der Waals surface area contributed by atoms with Crippen LogP contribution in [0.5, 0.6) is 0 Å². The molecule has 3 rings (SSSR count). The van der Waals surface area contributed by atoms with Crippen LogP contribution in [0.3, 0.4) is 0 Å². The average Bonchev–Trinajstić information content (AvgIpc) is 2.99. The third kappa shape index (κ3) is 3.77. The number of guanidine groups is 1. The SMILES string of the molecule is CN=C(NCc1cccc(CN(C)C)c1)N1CCc2ccccc21. The van der Waals surface area contributed by atoms with Crippen LogP contribution in [0.1, 0.15) is 16.7 Å². The molecule has 0 spiro atoms. The van der Waals surface area contributed by atoms with Crippen molar-refractivity contribution in [3.63, 3.8) is 0 Å². The van der Waals surface area contributed by atoms with Crippen molar-refractivity contribution in [3.8, 4) is 0 Å². The summed E-state index contributed by atoms with van der Waals surface area (Å²) in [6.07, 6.45) is 1.08. The number of hydrogen-bond donors (Lipinski definition) is 1. The Morgan fingerprint density at radius 1 is 1.12 bits per heavy atom. The average molecular weight is 322 g/mol. The molecule has 1 N–H and O–H groups in total. The monoisotopic (exact) mass is 322 g/mol. The van der Waals surface area contributed by atoms with Gasteiger partial charge in [-0.25, -0.2) is 0 Å². The van der Waals surface area contributed by atoms with Gasteiger partial charge in [-0.2, -0.15) is 0 Å². The fourth-order valence-corrected chi connectivity index (χ4v) is 3.24. The van der Waals surface area contributed by atoms with E-state index in [9.17, 15) is 0 Å². The first-order chi connectivity index (χ1) is 11.7. The molecule has 1 aliphatic rings. The van der Waals surface area contributed by atoms with Gasteiger partial charge in [0.15, 0.2) is 5.96 Å². The first-order valence-electron chi connectivity index (χ1n) is 8.46. The van der Waals surface area contributed by atoms with Gasteiger partial charge in [0.1, 0.15) is 0 Å². The van der Waals surface area contributed by atoms with Crippen LogP contribution in [-0.4, -0.2) is 38.5 Å². The summed E-state index contributed by atoms with van der Waals surface area (Å²) in [5.74, 6) is 0.943. The molecule has 0 aliphatic carbocycles. The molecule has 0 saturated heterocycles. The Hall–Kier alpha value is -2.33. The van der Waals surface area contributed by atoms with Crippen molar-refractivity contribution in [3.05, 3.63) is 65.2 Å². The first-order valence-corrected chi connectivity index (χ1v) is 8.46. The zero-order valence-electron chi connectivity index (χ0n) is 14.8. The zero-order chi connectivity index (χ0) is 16.9. The fraction of sp³-hybridized carbons (Fsp3) is 0.350. The second kappa shape index (κ2) is 7.49. The van der Waals surface area contributed by atoms with E-state index in [-0.39, 0.29) is 0 Å². The van der Waals surface area contributed by atoms with E-state index in [4.69, 9.17) is 0 Å². The molecular formula is C20H26N4. The van der Waals surface area contributed by atoms with Crippen molar-refractivity contribution in [2.45, 2.75) is 19.5 Å². The van der Waals surface area contributed by atoms with Crippen LogP contribution in [0.25, 0.3) is 0 Å². The van der Waals surface area contributed by atoms with Gasteiger partial charge in [-0.1, -0.05) is 42.5 Å². The number of benzene rings is 2. The zero-order valence-corrected chi connectivity index (χ0v) is 14.8. The van der Waals surface area contributed by atoms with E-state index in [0.29, 0.717) is 0 Å². The van der Waals surface area contributed by atoms with Gasteiger partial charge in [-0.3, -0.25) is 4.99 Å². The Bertz CT molecular complexity index is 721. The molecule has 0 radical (unpaired) electrons. The molecule has 2 aromatic carbocycles. The van der Waals surface area contributed by atoms with Crippen molar-refractivity contribution in [1.82, 2.24) is 10.2 Å². The van der Waals surface area contributed by atoms with E-state index in [0.717, 1.165) is 32.0 Å². The largest absolute Gasteiger partial charge is 0.352 e. The van der Waals surface area contributed by atoms with Gasteiger partial charge in [-0.15, -0.1) is 0 Å². The summed E-state index contributed by atoms with van der Waals surface area (Å²) in [5, 5.41) is 3.51. The Morgan fingerprint density at radius 2 is 1.92 bits per heavy atom. The Kier molecular flexibility index (Phi) is 5.16. The Labute approximate surface area is 144 Å². The molecule has 126 valence electrons. The summed E-state index contributed by atoms with van der Waals surface area (Å²) in [6, 6.07) is 17.3. The number of fused-ring (bicyclic) bond motifs is 1. The number of para-hydroxylation sites is 1. The molecule has 0 atom stereocenters. The van der Waals surface area contributed by atoms with E-state index in [1.165, 1.54) is 22.4 Å². The summed E-state index contributed by atoms with van der Waals surface area (Å²) >= 11 is 0. The molecular weight excluding hydrogens is 296 g/mol. The predicted octanol–water partition coefficient (Wildman–Crippen LogP) is 2.89. The highest BCUT2D eigenvalue weighted by atomic mass is 15.3. The second-order valence-corrected chi connectivity index (χ2v) is 6.49. The minimum absolute atomic E-state index is 0.784. The summed E-state index contributed by atoms with van der Waals surface area (Å²) < 4.78 is 0. The van der Waals surface area contributed by atoms with Crippen LogP contribution < -0.4 is 10.2 Å². The maximum atomic E-state index is 4.48. The third-order valence-corrected chi connectivity index (χ3v) is 4.30. The summed E-state index contributed by atoms with van der Waals surface area (Å²) in [5.41, 5.74) is 5.28. The lowest BCUT2D eigenvalue weighted by atomic mass is 10.1. The van der Waals surface area contributed by atoms with Crippen molar-refractivity contribution in [1.29, 1.82) is 0 Å². The maximum absolute atomic E-state index is 4.48. The molecule has 4 heteroatoms. The molecule has 0 unspecified atom stereocenters. The number of nitrogens with zero attached hydrogens (tertiary/aromatic N) is 3. The third-order valence-electron chi connectivity index (χ3n) is 4.30. The fourth-order valence-electron chi connectivity index (χ4n) is 3.24. The van der Waals surface area contributed by atoms with Gasteiger partial charge in [0, 0.05) is 32.4 Å². The highest BCUT2D eigenvalue weighted by Gasteiger charge is 2.22. The predicted molar refractivity (Wildman–Crippen MR) is 102 cm³/mol. The highest BCUT2D eigenvalue weighted by molar-refractivity contribution is 5.97. The van der Waals surface area contributed by atoms with Crippen molar-refractivity contribution < 1.29 is 0 Å². The summed E-state index contributed by atoms with van der Waals surface area (Å²) in [7, 11) is 6.04. The minimum atomic E-state index is 0.784. The van der Waals surface area contributed by atoms with Gasteiger partial charge in [0.2, 0.25) is 0 Å². The van der Waals surface area contributed by atoms with Gasteiger partial charge < -0.3 is 15.1 Å². The highest BCUT2D eigenvalue weighted by Crippen LogP contribution is 2.27. The lowest BCUT2D eigenvalue weighted by molar-refractivity contribution is 0.402. The second-order valence-electron chi connectivity index (χ2n) is 6.49. The smallest absolute Gasteiger partial charge is 0.198 e. The maximum Gasteiger partial charge on any atom is 0.198 e. The molecule has 1 aliphatic heterocycles. The standard InChI is InChI=1S/C20H26N4/c1-21-20(24-12-11-18-9-4-5-10-19(18)24)22-14-16-7-6-8-17(13-16)15-23(2)3/h4-10,13H,11-12,14-15H2,1-3H3,(H,21,22). The molecule has 2 aromatic rings. The van der Waals surface area contributed by atoms with Crippen LogP contribution in [0.4, 0.5) is 5.69 Å². The number of nitrogens with one attached hydrogen (secondary N) is 1. The van der Waals surface area contributed by atoms with Crippen LogP contribution in [0.15, 0.2) is 53.5 Å². The molecule has 4 nitrogen and oxygen atoms in total. The molecule has 1 heterocycles. The number of aliphatic imine (C=N–C) groups is 1. The number of anilines is 1. The normalized spacial score (nSPS) is 14.2. The molecule has 24 heavy (non-hydrogen) atoms. The molecule has 0 bridgehead atoms. The topological polar surface area (TPSA) is 30.9 Å². The van der Waals surface area contributed by atoms with Crippen molar-refractivity contribution in [2.75, 3.05) is 32.6 Å².